The van der Waals surface area contributed by atoms with Crippen molar-refractivity contribution in [3.63, 3.8) is 0 Å². The molecule has 0 aliphatic carbocycles. The van der Waals surface area contributed by atoms with Gasteiger partial charge in [-0.2, -0.15) is 4.31 Å². The van der Waals surface area contributed by atoms with E-state index < -0.39 is 20.0 Å². The number of aryl methyl sites for hydroxylation is 8. The lowest BCUT2D eigenvalue weighted by Gasteiger charge is -2.34. The third kappa shape index (κ3) is 12.2. The Hall–Kier alpha value is -2.78. The summed E-state index contributed by atoms with van der Waals surface area (Å²) in [5.41, 5.74) is 10.8. The molecule has 9 nitrogen and oxygen atoms in total. The maximum atomic E-state index is 13.2. The highest BCUT2D eigenvalue weighted by Gasteiger charge is 2.44. The van der Waals surface area contributed by atoms with Crippen molar-refractivity contribution in [1.29, 1.82) is 0 Å². The second kappa shape index (κ2) is 21.1. The Kier molecular flexibility index (Phi) is 17.5. The number of hydrogen-bond donors (Lipinski definition) is 3. The Bertz CT molecular complexity index is 2220. The largest absolute Gasteiger partial charge is 0.400 e. The molecule has 58 heavy (non-hydrogen) atoms. The summed E-state index contributed by atoms with van der Waals surface area (Å²) in [4.78, 5) is 3.23. The molecule has 1 saturated heterocycles. The molecule has 13 heteroatoms. The minimum absolute atomic E-state index is 0.139. The van der Waals surface area contributed by atoms with E-state index in [-0.39, 0.29) is 12.1 Å². The van der Waals surface area contributed by atoms with Crippen molar-refractivity contribution in [2.75, 3.05) is 43.5 Å². The Morgan fingerprint density at radius 3 is 1.84 bits per heavy atom. The van der Waals surface area contributed by atoms with Gasteiger partial charge in [0.1, 0.15) is 0 Å². The van der Waals surface area contributed by atoms with Gasteiger partial charge in [-0.3, -0.25) is 0 Å². The van der Waals surface area contributed by atoms with Crippen LogP contribution in [0.1, 0.15) is 84.0 Å². The van der Waals surface area contributed by atoms with E-state index in [0.29, 0.717) is 22.9 Å². The maximum absolute atomic E-state index is 13.2. The molecule has 0 radical (unpaired) electrons. The van der Waals surface area contributed by atoms with Gasteiger partial charge in [-0.1, -0.05) is 81.1 Å². The van der Waals surface area contributed by atoms with Crippen LogP contribution in [0.15, 0.2) is 79.4 Å². The van der Waals surface area contributed by atoms with Crippen LogP contribution in [-0.2, 0) is 32.9 Å². The van der Waals surface area contributed by atoms with E-state index in [9.17, 15) is 16.8 Å². The second-order valence-corrected chi connectivity index (χ2v) is 20.8. The zero-order valence-corrected chi connectivity index (χ0v) is 40.4. The Balaban J connectivity index is 0.000000209. The number of aliphatic hydroxyl groups is 1. The molecule has 3 N–H and O–H groups in total. The number of aliphatic hydroxyl groups excluding tert-OH is 1. The van der Waals surface area contributed by atoms with E-state index in [4.69, 9.17) is 5.11 Å². The van der Waals surface area contributed by atoms with Gasteiger partial charge in [-0.15, -0.1) is 0 Å². The van der Waals surface area contributed by atoms with Crippen molar-refractivity contribution in [3.05, 3.63) is 114 Å². The highest BCUT2D eigenvalue weighted by Crippen LogP contribution is 2.34. The highest BCUT2D eigenvalue weighted by atomic mass is 79.9. The topological polar surface area (TPSA) is 119 Å². The third-order valence-electron chi connectivity index (χ3n) is 10.7. The van der Waals surface area contributed by atoms with Crippen molar-refractivity contribution in [1.82, 2.24) is 9.03 Å². The summed E-state index contributed by atoms with van der Waals surface area (Å²) in [6, 6.07) is 20.6. The summed E-state index contributed by atoms with van der Waals surface area (Å²) < 4.78 is 58.0. The van der Waals surface area contributed by atoms with Crippen LogP contribution in [0.4, 0.5) is 11.4 Å². The molecule has 0 spiro atoms. The van der Waals surface area contributed by atoms with E-state index in [1.165, 1.54) is 39.8 Å². The molecule has 3 aliphatic heterocycles. The Morgan fingerprint density at radius 2 is 1.29 bits per heavy atom. The summed E-state index contributed by atoms with van der Waals surface area (Å²) >= 11 is 7.01. The van der Waals surface area contributed by atoms with Gasteiger partial charge in [0.25, 0.3) is 0 Å². The van der Waals surface area contributed by atoms with Gasteiger partial charge in [-0.25, -0.2) is 21.6 Å². The predicted molar refractivity (Wildman–Crippen MR) is 247 cm³/mol. The van der Waals surface area contributed by atoms with Gasteiger partial charge in [0.2, 0.25) is 20.0 Å². The van der Waals surface area contributed by atoms with Crippen LogP contribution in [0.25, 0.3) is 0 Å². The van der Waals surface area contributed by atoms with Gasteiger partial charge in [0, 0.05) is 65.7 Å². The SMILES string of the molecule is Brc1ccc2c(c1)CCCN2.CC[C@@H](CN1CCCc2cc(Br)ccc21)NS(=O)(=O)c1c(C)cc(C)cc1C.CC[C@H]1CN1S(=O)(=O)c1c(C)cc(C)cc1C.CO. The molecule has 1 unspecified atom stereocenters. The Labute approximate surface area is 365 Å². The van der Waals surface area contributed by atoms with Crippen LogP contribution >= 0.6 is 31.9 Å². The molecule has 1 fully saturated rings. The van der Waals surface area contributed by atoms with Crippen LogP contribution in [0, 0.1) is 41.5 Å². The average molecular weight is 963 g/mol. The normalized spacial score (nSPS) is 17.4. The summed E-state index contributed by atoms with van der Waals surface area (Å²) in [5, 5.41) is 10.4. The molecular weight excluding hydrogens is 900 g/mol. The molecule has 3 aliphatic rings. The number of rotatable bonds is 9. The fraction of sp³-hybridized carbons (Fsp3) is 0.467. The minimum Gasteiger partial charge on any atom is -0.400 e. The van der Waals surface area contributed by atoms with Crippen LogP contribution in [0.5, 0.6) is 0 Å². The number of halogens is 2. The fourth-order valence-electron chi connectivity index (χ4n) is 8.14. The van der Waals surface area contributed by atoms with E-state index in [0.717, 1.165) is 83.7 Å². The lowest BCUT2D eigenvalue weighted by molar-refractivity contribution is 0.399. The summed E-state index contributed by atoms with van der Waals surface area (Å²) in [5.74, 6) is 0. The molecule has 0 amide bonds. The van der Waals surface area contributed by atoms with Crippen LogP contribution in [0.3, 0.4) is 0 Å². The van der Waals surface area contributed by atoms with Crippen LogP contribution < -0.4 is 14.9 Å². The van der Waals surface area contributed by atoms with Gasteiger partial charge >= 0.3 is 0 Å². The summed E-state index contributed by atoms with van der Waals surface area (Å²) in [6.45, 7) is 18.9. The summed E-state index contributed by atoms with van der Waals surface area (Å²) in [6.07, 6.45) is 6.25. The van der Waals surface area contributed by atoms with E-state index >= 15 is 0 Å². The standard InChI is InChI=1S/C22H29BrN2O2S.C13H19NO2S.C9H10BrN.CH4O/c1-5-20(14-25-10-6-7-18-13-19(23)8-9-21(18)25)24-28(26,27)22-16(3)11-15(2)12-17(22)4;1-5-12-8-14(12)17(15,16)13-10(3)6-9(2)7-11(13)4;10-8-3-4-9-7(6-8)2-1-5-11-9;1-2/h8-9,11-13,20,24H,5-7,10,14H2,1-4H3;6-7,12H,5,8H2,1-4H3;3-4,6,11H,1-2,5H2;2H,1H3/t20-;12-,14?;;/m00../s1. The first kappa shape index (κ1) is 47.9. The zero-order chi connectivity index (χ0) is 42.9. The van der Waals surface area contributed by atoms with E-state index in [1.807, 2.05) is 79.7 Å². The lowest BCUT2D eigenvalue weighted by Crippen LogP contribution is -2.45. The smallest absolute Gasteiger partial charge is 0.243 e. The van der Waals surface area contributed by atoms with Crippen molar-refractivity contribution in [3.8, 4) is 0 Å². The van der Waals surface area contributed by atoms with Crippen molar-refractivity contribution in [2.45, 2.75) is 116 Å². The minimum atomic E-state index is -3.57. The fourth-order valence-corrected chi connectivity index (χ4v) is 12.8. The molecule has 0 bridgehead atoms. The maximum Gasteiger partial charge on any atom is 0.243 e. The van der Waals surface area contributed by atoms with Crippen LogP contribution in [-0.4, -0.2) is 71.6 Å². The van der Waals surface area contributed by atoms with Gasteiger partial charge in [0.05, 0.1) is 9.79 Å². The highest BCUT2D eigenvalue weighted by molar-refractivity contribution is 9.10. The molecule has 3 heterocycles. The first-order chi connectivity index (χ1) is 27.4. The number of anilines is 2. The zero-order valence-electron chi connectivity index (χ0n) is 35.5. The molecule has 4 aromatic carbocycles. The van der Waals surface area contributed by atoms with Gasteiger partial charge in [-0.05, 0) is 150 Å². The lowest BCUT2D eigenvalue weighted by atomic mass is 10.0. The van der Waals surface area contributed by atoms with Crippen LogP contribution in [0.2, 0.25) is 0 Å². The molecular formula is C45H62Br2N4O5S2. The van der Waals surface area contributed by atoms with Gasteiger partial charge < -0.3 is 15.3 Å². The average Bonchev–Trinajstić information content (AvgIpc) is 3.96. The first-order valence-electron chi connectivity index (χ1n) is 20.1. The monoisotopic (exact) mass is 960 g/mol. The number of benzene rings is 4. The van der Waals surface area contributed by atoms with Gasteiger partial charge in [0.15, 0.2) is 0 Å². The molecule has 318 valence electrons. The molecule has 0 saturated carbocycles. The Morgan fingerprint density at radius 1 is 0.759 bits per heavy atom. The van der Waals surface area contributed by atoms with Crippen molar-refractivity contribution in [2.24, 2.45) is 0 Å². The third-order valence-corrected chi connectivity index (χ3v) is 15.7. The quantitative estimate of drug-likeness (QED) is 0.143. The number of sulfonamides is 2. The van der Waals surface area contributed by atoms with E-state index in [1.54, 1.807) is 4.31 Å². The molecule has 0 aromatic heterocycles. The molecule has 7 rings (SSSR count). The van der Waals surface area contributed by atoms with Crippen molar-refractivity contribution < 1.29 is 21.9 Å². The number of hydrogen-bond acceptors (Lipinski definition) is 7. The predicted octanol–water partition coefficient (Wildman–Crippen LogP) is 9.69. The summed E-state index contributed by atoms with van der Waals surface area (Å²) in [7, 11) is -5.84. The number of nitrogens with zero attached hydrogens (tertiary/aromatic N) is 2. The number of fused-ring (bicyclic) bond motifs is 2. The number of nitrogens with one attached hydrogen (secondary N) is 2. The molecule has 4 aromatic rings. The second-order valence-electron chi connectivity index (χ2n) is 15.5. The van der Waals surface area contributed by atoms with Crippen molar-refractivity contribution >= 4 is 63.3 Å². The first-order valence-corrected chi connectivity index (χ1v) is 24.7. The van der Waals surface area contributed by atoms with E-state index in [2.05, 4.69) is 83.2 Å². The molecule has 3 atom stereocenters.